The van der Waals surface area contributed by atoms with E-state index >= 15 is 0 Å². The number of ether oxygens (including phenoxy) is 3. The zero-order valence-corrected chi connectivity index (χ0v) is 27.6. The normalized spacial score (nSPS) is 16.9. The molecule has 254 valence electrons. The molecule has 3 aliphatic heterocycles. The van der Waals surface area contributed by atoms with E-state index in [1.165, 1.54) is 30.7 Å². The van der Waals surface area contributed by atoms with Gasteiger partial charge in [-0.1, -0.05) is 6.07 Å². The lowest BCUT2D eigenvalue weighted by atomic mass is 9.84. The third-order valence-corrected chi connectivity index (χ3v) is 9.82. The van der Waals surface area contributed by atoms with Crippen molar-refractivity contribution in [2.75, 3.05) is 39.2 Å². The van der Waals surface area contributed by atoms with Crippen LogP contribution in [0.4, 0.5) is 20.2 Å². The molecule has 0 radical (unpaired) electrons. The Balaban J connectivity index is 1.15. The predicted molar refractivity (Wildman–Crippen MR) is 180 cm³/mol. The molecule has 7 rings (SSSR count). The molecule has 2 saturated heterocycles. The summed E-state index contributed by atoms with van der Waals surface area (Å²) in [7, 11) is 3.11. The number of likely N-dealkylation sites (tertiary alicyclic amines) is 1. The SMILES string of the molecule is COc1ccc(CN2Cc3nc(-c4c(F)cccc4F)cc(Nc4ccc(C(=O)N5CCC6(CCCCO6)CC5)cc4)c3C2=O)c(OC)c1. The molecule has 4 heterocycles. The lowest BCUT2D eigenvalue weighted by Gasteiger charge is -2.44. The molecular weight excluding hydrogens is 630 g/mol. The average molecular weight is 669 g/mol. The lowest BCUT2D eigenvalue weighted by Crippen LogP contribution is -2.49. The van der Waals surface area contributed by atoms with Gasteiger partial charge in [0.25, 0.3) is 11.8 Å². The fourth-order valence-electron chi connectivity index (χ4n) is 7.10. The molecule has 0 atom stereocenters. The molecule has 0 saturated carbocycles. The average Bonchev–Trinajstić information content (AvgIpc) is 3.43. The predicted octanol–water partition coefficient (Wildman–Crippen LogP) is 7.12. The molecule has 1 spiro atoms. The van der Waals surface area contributed by atoms with Crippen molar-refractivity contribution in [2.45, 2.75) is 50.8 Å². The van der Waals surface area contributed by atoms with E-state index in [-0.39, 0.29) is 41.8 Å². The number of halogens is 2. The minimum Gasteiger partial charge on any atom is -0.497 e. The number of hydrogen-bond donors (Lipinski definition) is 1. The molecule has 11 heteroatoms. The first kappa shape index (κ1) is 32.5. The van der Waals surface area contributed by atoms with Crippen LogP contribution in [0.25, 0.3) is 11.3 Å². The Morgan fingerprint density at radius 2 is 1.69 bits per heavy atom. The molecule has 0 unspecified atom stereocenters. The molecule has 1 N–H and O–H groups in total. The van der Waals surface area contributed by atoms with E-state index in [9.17, 15) is 18.4 Å². The number of amides is 2. The van der Waals surface area contributed by atoms with Gasteiger partial charge in [-0.15, -0.1) is 0 Å². The molecule has 0 aliphatic carbocycles. The lowest BCUT2D eigenvalue weighted by molar-refractivity contribution is -0.107. The third kappa shape index (κ3) is 6.42. The van der Waals surface area contributed by atoms with Gasteiger partial charge in [0.2, 0.25) is 0 Å². The maximum atomic E-state index is 15.0. The van der Waals surface area contributed by atoms with Crippen LogP contribution in [0, 0.1) is 11.6 Å². The molecule has 2 amide bonds. The summed E-state index contributed by atoms with van der Waals surface area (Å²) in [6.07, 6.45) is 5.00. The number of rotatable bonds is 8. The van der Waals surface area contributed by atoms with Crippen molar-refractivity contribution in [1.82, 2.24) is 14.8 Å². The Labute approximate surface area is 283 Å². The van der Waals surface area contributed by atoms with Gasteiger partial charge in [0.15, 0.2) is 0 Å². The Morgan fingerprint density at radius 1 is 0.939 bits per heavy atom. The van der Waals surface area contributed by atoms with Crippen LogP contribution in [-0.4, -0.2) is 66.1 Å². The molecular formula is C38H38F2N4O5. The Morgan fingerprint density at radius 3 is 2.37 bits per heavy atom. The van der Waals surface area contributed by atoms with Crippen LogP contribution in [0.3, 0.4) is 0 Å². The topological polar surface area (TPSA) is 93.2 Å². The Hall–Kier alpha value is -5.03. The fraction of sp³-hybridized carbons (Fsp3) is 0.342. The summed E-state index contributed by atoms with van der Waals surface area (Å²) in [6.45, 7) is 2.43. The number of methoxy groups -OCH3 is 2. The number of nitrogens with zero attached hydrogens (tertiary/aromatic N) is 3. The van der Waals surface area contributed by atoms with E-state index in [4.69, 9.17) is 14.2 Å². The highest BCUT2D eigenvalue weighted by molar-refractivity contribution is 6.04. The number of hydrogen-bond acceptors (Lipinski definition) is 7. The molecule has 4 aromatic rings. The first-order valence-electron chi connectivity index (χ1n) is 16.6. The monoisotopic (exact) mass is 668 g/mol. The highest BCUT2D eigenvalue weighted by Crippen LogP contribution is 2.38. The van der Waals surface area contributed by atoms with E-state index in [1.54, 1.807) is 55.5 Å². The van der Waals surface area contributed by atoms with Gasteiger partial charge in [0, 0.05) is 42.6 Å². The summed E-state index contributed by atoms with van der Waals surface area (Å²) in [5.74, 6) is -0.677. The molecule has 3 aliphatic rings. The summed E-state index contributed by atoms with van der Waals surface area (Å²) in [5.41, 5.74) is 2.64. The minimum absolute atomic E-state index is 0.0425. The summed E-state index contributed by atoms with van der Waals surface area (Å²) in [5, 5.41) is 3.28. The summed E-state index contributed by atoms with van der Waals surface area (Å²) in [4.78, 5) is 35.4. The van der Waals surface area contributed by atoms with Crippen molar-refractivity contribution < 1.29 is 32.6 Å². The first-order chi connectivity index (χ1) is 23.8. The maximum absolute atomic E-state index is 15.0. The smallest absolute Gasteiger partial charge is 0.258 e. The van der Waals surface area contributed by atoms with Gasteiger partial charge in [-0.05, 0) is 86.7 Å². The van der Waals surface area contributed by atoms with Gasteiger partial charge >= 0.3 is 0 Å². The number of aromatic nitrogens is 1. The summed E-state index contributed by atoms with van der Waals surface area (Å²) in [6, 6.07) is 17.5. The Bertz CT molecular complexity index is 1860. The van der Waals surface area contributed by atoms with Gasteiger partial charge in [0.05, 0.1) is 61.1 Å². The van der Waals surface area contributed by atoms with E-state index in [0.717, 1.165) is 37.9 Å². The van der Waals surface area contributed by atoms with Gasteiger partial charge in [-0.2, -0.15) is 0 Å². The van der Waals surface area contributed by atoms with Crippen molar-refractivity contribution in [3.05, 3.63) is 101 Å². The van der Waals surface area contributed by atoms with E-state index < -0.39 is 11.6 Å². The largest absolute Gasteiger partial charge is 0.497 e. The minimum atomic E-state index is -0.760. The molecule has 9 nitrogen and oxygen atoms in total. The van der Waals surface area contributed by atoms with Crippen LogP contribution in [0.5, 0.6) is 11.5 Å². The van der Waals surface area contributed by atoms with Crippen molar-refractivity contribution >= 4 is 23.2 Å². The van der Waals surface area contributed by atoms with Gasteiger partial charge in [0.1, 0.15) is 23.1 Å². The molecule has 49 heavy (non-hydrogen) atoms. The number of anilines is 2. The number of carbonyl (C=O) groups is 2. The van der Waals surface area contributed by atoms with E-state index in [1.807, 2.05) is 11.0 Å². The van der Waals surface area contributed by atoms with Crippen LogP contribution >= 0.6 is 0 Å². The number of fused-ring (bicyclic) bond motifs is 1. The van der Waals surface area contributed by atoms with Crippen LogP contribution in [0.2, 0.25) is 0 Å². The summed E-state index contributed by atoms with van der Waals surface area (Å²) < 4.78 is 46.9. The zero-order valence-electron chi connectivity index (χ0n) is 27.6. The van der Waals surface area contributed by atoms with E-state index in [2.05, 4.69) is 10.3 Å². The van der Waals surface area contributed by atoms with Crippen molar-refractivity contribution in [3.63, 3.8) is 0 Å². The van der Waals surface area contributed by atoms with E-state index in [0.29, 0.717) is 52.8 Å². The highest BCUT2D eigenvalue weighted by Gasteiger charge is 2.38. The molecule has 1 aromatic heterocycles. The van der Waals surface area contributed by atoms with Gasteiger partial charge in [-0.3, -0.25) is 9.59 Å². The number of pyridine rings is 1. The Kier molecular flexibility index (Phi) is 8.94. The second kappa shape index (κ2) is 13.5. The van der Waals surface area contributed by atoms with Crippen LogP contribution in [0.1, 0.15) is 64.1 Å². The fourth-order valence-corrected chi connectivity index (χ4v) is 7.10. The second-order valence-electron chi connectivity index (χ2n) is 12.8. The molecule has 3 aromatic carbocycles. The van der Waals surface area contributed by atoms with Crippen LogP contribution in [-0.2, 0) is 17.8 Å². The van der Waals surface area contributed by atoms with Crippen LogP contribution < -0.4 is 14.8 Å². The molecule has 2 fully saturated rings. The summed E-state index contributed by atoms with van der Waals surface area (Å²) >= 11 is 0. The second-order valence-corrected chi connectivity index (χ2v) is 12.8. The highest BCUT2D eigenvalue weighted by atomic mass is 19.1. The number of benzene rings is 3. The zero-order chi connectivity index (χ0) is 34.1. The van der Waals surface area contributed by atoms with Gasteiger partial charge < -0.3 is 29.3 Å². The molecule has 0 bridgehead atoms. The number of carbonyl (C=O) groups excluding carboxylic acids is 2. The third-order valence-electron chi connectivity index (χ3n) is 9.82. The number of nitrogens with one attached hydrogen (secondary N) is 1. The standard InChI is InChI=1S/C38H38F2N4O5/c1-47-27-13-10-25(33(20-27)48-2)22-44-23-32-35(37(44)46)31(21-30(42-32)34-28(39)6-5-7-29(34)40)41-26-11-8-24(9-12-26)36(45)43-17-15-38(16-18-43)14-3-4-19-49-38/h5-13,20-21H,3-4,14-19,22-23H2,1-2H3,(H,41,42). The van der Waals surface area contributed by atoms with Crippen LogP contribution in [0.15, 0.2) is 66.7 Å². The first-order valence-corrected chi connectivity index (χ1v) is 16.6. The van der Waals surface area contributed by atoms with Gasteiger partial charge in [-0.25, -0.2) is 13.8 Å². The maximum Gasteiger partial charge on any atom is 0.258 e. The van der Waals surface area contributed by atoms with Crippen molar-refractivity contribution in [1.29, 1.82) is 0 Å². The van der Waals surface area contributed by atoms with Crippen molar-refractivity contribution in [2.24, 2.45) is 0 Å². The van der Waals surface area contributed by atoms with Crippen molar-refractivity contribution in [3.8, 4) is 22.8 Å². The quantitative estimate of drug-likeness (QED) is 0.214. The number of piperidine rings is 1.